The molecule has 31 heavy (non-hydrogen) atoms. The van der Waals surface area contributed by atoms with Crippen LogP contribution in [0.5, 0.6) is 0 Å². The fraction of sp³-hybridized carbons (Fsp3) is 0.391. The minimum atomic E-state index is -0.0948. The largest absolute Gasteiger partial charge is 0.367 e. The Balaban J connectivity index is 1.45. The quantitative estimate of drug-likeness (QED) is 0.541. The third kappa shape index (κ3) is 3.01. The Kier molecular flexibility index (Phi) is 3.80. The molecule has 1 N–H and O–H groups in total. The lowest BCUT2D eigenvalue weighted by atomic mass is 10.1. The van der Waals surface area contributed by atoms with E-state index in [0.29, 0.717) is 17.0 Å². The van der Waals surface area contributed by atoms with Crippen molar-refractivity contribution in [2.24, 2.45) is 0 Å². The Bertz CT molecular complexity index is 1410. The summed E-state index contributed by atoms with van der Waals surface area (Å²) in [5.74, 6) is 0. The molecule has 0 aromatic carbocycles. The standard InChI is InChI=1S/C23H25N7O/c1-14-8-17(28-7-6-24-23(13-28)4-5-23)12-29-20(31)10-18(26-21(14)29)19-9-15(2)22-25-16(3)11-30(22)27-19/h8-12,24H,4-7,13H2,1-3H3. The number of nitrogens with zero attached hydrogens (tertiary/aromatic N) is 6. The third-order valence-corrected chi connectivity index (χ3v) is 6.52. The van der Waals surface area contributed by atoms with Crippen LogP contribution in [0.3, 0.4) is 0 Å². The van der Waals surface area contributed by atoms with Gasteiger partial charge in [0.2, 0.25) is 0 Å². The van der Waals surface area contributed by atoms with E-state index in [1.165, 1.54) is 12.8 Å². The lowest BCUT2D eigenvalue weighted by Gasteiger charge is -2.35. The molecule has 1 spiro atoms. The first-order valence-corrected chi connectivity index (χ1v) is 10.8. The van der Waals surface area contributed by atoms with Gasteiger partial charge in [-0.3, -0.25) is 9.20 Å². The van der Waals surface area contributed by atoms with Gasteiger partial charge in [-0.05, 0) is 56.9 Å². The second-order valence-corrected chi connectivity index (χ2v) is 9.05. The Morgan fingerprint density at radius 3 is 2.58 bits per heavy atom. The van der Waals surface area contributed by atoms with Gasteiger partial charge in [-0.15, -0.1) is 0 Å². The molecule has 1 saturated carbocycles. The highest BCUT2D eigenvalue weighted by Gasteiger charge is 2.45. The van der Waals surface area contributed by atoms with Crippen molar-refractivity contribution in [2.45, 2.75) is 39.2 Å². The van der Waals surface area contributed by atoms with Crippen molar-refractivity contribution in [1.29, 1.82) is 0 Å². The van der Waals surface area contributed by atoms with E-state index in [1.54, 1.807) is 15.0 Å². The molecule has 0 bridgehead atoms. The maximum absolute atomic E-state index is 13.1. The Morgan fingerprint density at radius 2 is 1.77 bits per heavy atom. The molecule has 0 unspecified atom stereocenters. The van der Waals surface area contributed by atoms with Crippen LogP contribution >= 0.6 is 0 Å². The van der Waals surface area contributed by atoms with E-state index in [9.17, 15) is 4.79 Å². The highest BCUT2D eigenvalue weighted by atomic mass is 16.1. The Labute approximate surface area is 179 Å². The number of anilines is 1. The van der Waals surface area contributed by atoms with Gasteiger partial charge >= 0.3 is 0 Å². The molecule has 1 aliphatic carbocycles. The van der Waals surface area contributed by atoms with Crippen molar-refractivity contribution in [3.8, 4) is 11.4 Å². The summed E-state index contributed by atoms with van der Waals surface area (Å²) in [4.78, 5) is 24.8. The molecule has 1 saturated heterocycles. The van der Waals surface area contributed by atoms with Crippen molar-refractivity contribution in [2.75, 3.05) is 24.5 Å². The molecule has 158 valence electrons. The normalized spacial score (nSPS) is 17.7. The second kappa shape index (κ2) is 6.37. The van der Waals surface area contributed by atoms with Crippen LogP contribution in [0.1, 0.15) is 29.7 Å². The number of hydrogen-bond acceptors (Lipinski definition) is 6. The smallest absolute Gasteiger partial charge is 0.258 e. The number of aromatic nitrogens is 5. The summed E-state index contributed by atoms with van der Waals surface area (Å²) in [5, 5.41) is 8.29. The molecule has 5 heterocycles. The fourth-order valence-corrected chi connectivity index (χ4v) is 4.69. The monoisotopic (exact) mass is 415 g/mol. The Hall–Kier alpha value is -3.26. The van der Waals surface area contributed by atoms with E-state index < -0.39 is 0 Å². The van der Waals surface area contributed by atoms with Gasteiger partial charge in [-0.2, -0.15) is 5.10 Å². The van der Waals surface area contributed by atoms with Crippen LogP contribution in [-0.2, 0) is 0 Å². The summed E-state index contributed by atoms with van der Waals surface area (Å²) >= 11 is 0. The van der Waals surface area contributed by atoms with Crippen molar-refractivity contribution in [1.82, 2.24) is 29.3 Å². The van der Waals surface area contributed by atoms with E-state index in [4.69, 9.17) is 4.98 Å². The molecule has 6 rings (SSSR count). The zero-order chi connectivity index (χ0) is 21.3. The van der Waals surface area contributed by atoms with Gasteiger partial charge in [0, 0.05) is 37.4 Å². The van der Waals surface area contributed by atoms with Crippen LogP contribution in [0, 0.1) is 20.8 Å². The average molecular weight is 416 g/mol. The highest BCUT2D eigenvalue weighted by Crippen LogP contribution is 2.38. The predicted molar refractivity (Wildman–Crippen MR) is 120 cm³/mol. The van der Waals surface area contributed by atoms with Crippen molar-refractivity contribution >= 4 is 17.0 Å². The van der Waals surface area contributed by atoms with E-state index in [0.717, 1.165) is 47.8 Å². The summed E-state index contributed by atoms with van der Waals surface area (Å²) in [7, 11) is 0. The van der Waals surface area contributed by atoms with Crippen LogP contribution in [0.15, 0.2) is 35.4 Å². The first-order valence-electron chi connectivity index (χ1n) is 10.8. The summed E-state index contributed by atoms with van der Waals surface area (Å²) in [6, 6.07) is 5.67. The van der Waals surface area contributed by atoms with Gasteiger partial charge in [0.15, 0.2) is 5.65 Å². The lowest BCUT2D eigenvalue weighted by molar-refractivity contribution is 0.442. The van der Waals surface area contributed by atoms with Gasteiger partial charge in [0.25, 0.3) is 5.56 Å². The molecular formula is C23H25N7O. The number of fused-ring (bicyclic) bond motifs is 2. The molecule has 8 nitrogen and oxygen atoms in total. The van der Waals surface area contributed by atoms with Crippen molar-refractivity contribution < 1.29 is 0 Å². The predicted octanol–water partition coefficient (Wildman–Crippen LogP) is 2.27. The summed E-state index contributed by atoms with van der Waals surface area (Å²) in [6.45, 7) is 8.87. The van der Waals surface area contributed by atoms with Crippen LogP contribution in [0.25, 0.3) is 22.7 Å². The third-order valence-electron chi connectivity index (χ3n) is 6.52. The van der Waals surface area contributed by atoms with Crippen LogP contribution in [-0.4, -0.2) is 49.2 Å². The molecule has 4 aromatic rings. The summed E-state index contributed by atoms with van der Waals surface area (Å²) in [6.07, 6.45) is 6.28. The molecule has 8 heteroatoms. The van der Waals surface area contributed by atoms with E-state index in [1.807, 2.05) is 39.2 Å². The maximum Gasteiger partial charge on any atom is 0.258 e. The van der Waals surface area contributed by atoms with Crippen LogP contribution < -0.4 is 15.8 Å². The maximum atomic E-state index is 13.1. The van der Waals surface area contributed by atoms with Crippen molar-refractivity contribution in [3.63, 3.8) is 0 Å². The van der Waals surface area contributed by atoms with E-state index >= 15 is 0 Å². The minimum absolute atomic E-state index is 0.0948. The van der Waals surface area contributed by atoms with Gasteiger partial charge in [0.1, 0.15) is 11.3 Å². The molecule has 4 aromatic heterocycles. The number of piperazine rings is 1. The number of imidazole rings is 1. The average Bonchev–Trinajstić information content (AvgIpc) is 3.36. The molecule has 0 amide bonds. The first kappa shape index (κ1) is 18.5. The number of nitrogens with one attached hydrogen (secondary N) is 1. The highest BCUT2D eigenvalue weighted by molar-refractivity contribution is 5.64. The van der Waals surface area contributed by atoms with Crippen LogP contribution in [0.2, 0.25) is 0 Å². The van der Waals surface area contributed by atoms with Crippen molar-refractivity contribution in [3.05, 3.63) is 57.8 Å². The molecule has 0 atom stereocenters. The van der Waals surface area contributed by atoms with Gasteiger partial charge in [0.05, 0.1) is 23.3 Å². The molecule has 1 aliphatic heterocycles. The summed E-state index contributed by atoms with van der Waals surface area (Å²) < 4.78 is 3.43. The summed E-state index contributed by atoms with van der Waals surface area (Å²) in [5.41, 5.74) is 6.90. The van der Waals surface area contributed by atoms with Gasteiger partial charge in [-0.1, -0.05) is 0 Å². The number of pyridine rings is 1. The number of hydrogen-bond donors (Lipinski definition) is 1. The van der Waals surface area contributed by atoms with Crippen LogP contribution in [0.4, 0.5) is 5.69 Å². The molecule has 0 radical (unpaired) electrons. The number of aryl methyl sites for hydroxylation is 3. The lowest BCUT2D eigenvalue weighted by Crippen LogP contribution is -2.52. The fourth-order valence-electron chi connectivity index (χ4n) is 4.69. The topological polar surface area (TPSA) is 79.8 Å². The van der Waals surface area contributed by atoms with E-state index in [2.05, 4.69) is 26.4 Å². The van der Waals surface area contributed by atoms with E-state index in [-0.39, 0.29) is 11.1 Å². The van der Waals surface area contributed by atoms with Gasteiger partial charge in [-0.25, -0.2) is 14.5 Å². The zero-order valence-corrected chi connectivity index (χ0v) is 18.0. The molecular weight excluding hydrogens is 390 g/mol. The number of rotatable bonds is 2. The minimum Gasteiger partial charge on any atom is -0.367 e. The second-order valence-electron chi connectivity index (χ2n) is 9.05. The SMILES string of the molecule is Cc1cn2nc(-c3cc(=O)n4cc(N5CCNC6(CC6)C5)cc(C)c4n3)cc(C)c2n1. The zero-order valence-electron chi connectivity index (χ0n) is 18.0. The Morgan fingerprint density at radius 1 is 0.968 bits per heavy atom. The molecule has 2 fully saturated rings. The van der Waals surface area contributed by atoms with Gasteiger partial charge < -0.3 is 10.2 Å². The molecule has 2 aliphatic rings. The first-order chi connectivity index (χ1) is 14.9.